The SMILES string of the molecule is COC(=O)CC(CN)C(Cc1ccccc1)c1ccc(OS(=O)(=O)c2ccccc2)cc1. The standard InChI is InChI=1S/C25H27NO5S/c1-30-25(27)17-21(18-26)24(16-19-8-4-2-5-9-19)20-12-14-22(15-13-20)31-32(28,29)23-10-6-3-7-11-23/h2-15,21,24H,16-18,26H2,1H3. The van der Waals surface area contributed by atoms with Gasteiger partial charge in [-0.3, -0.25) is 4.79 Å². The molecular weight excluding hydrogens is 426 g/mol. The van der Waals surface area contributed by atoms with Crippen LogP contribution in [0.1, 0.15) is 23.5 Å². The van der Waals surface area contributed by atoms with E-state index in [1.165, 1.54) is 19.2 Å². The molecule has 0 fully saturated rings. The van der Waals surface area contributed by atoms with Crippen LogP contribution in [0, 0.1) is 5.92 Å². The summed E-state index contributed by atoms with van der Waals surface area (Å²) in [4.78, 5) is 12.0. The molecule has 0 radical (unpaired) electrons. The lowest BCUT2D eigenvalue weighted by Gasteiger charge is -2.26. The largest absolute Gasteiger partial charge is 0.469 e. The Hall–Kier alpha value is -3.16. The predicted molar refractivity (Wildman–Crippen MR) is 123 cm³/mol. The normalized spacial score (nSPS) is 13.2. The summed E-state index contributed by atoms with van der Waals surface area (Å²) in [5.41, 5.74) is 8.09. The highest BCUT2D eigenvalue weighted by Gasteiger charge is 2.26. The highest BCUT2D eigenvalue weighted by Crippen LogP contribution is 2.32. The van der Waals surface area contributed by atoms with Crippen LogP contribution < -0.4 is 9.92 Å². The van der Waals surface area contributed by atoms with Gasteiger partial charge in [0.1, 0.15) is 10.6 Å². The third kappa shape index (κ3) is 6.18. The fourth-order valence-corrected chi connectivity index (χ4v) is 4.60. The molecule has 3 aromatic carbocycles. The third-order valence-electron chi connectivity index (χ3n) is 5.37. The van der Waals surface area contributed by atoms with Crippen molar-refractivity contribution >= 4 is 16.1 Å². The molecule has 3 aromatic rings. The lowest BCUT2D eigenvalue weighted by Crippen LogP contribution is -2.27. The van der Waals surface area contributed by atoms with E-state index in [2.05, 4.69) is 0 Å². The van der Waals surface area contributed by atoms with E-state index in [0.29, 0.717) is 13.0 Å². The molecule has 2 N–H and O–H groups in total. The van der Waals surface area contributed by atoms with Gasteiger partial charge in [-0.2, -0.15) is 8.42 Å². The van der Waals surface area contributed by atoms with E-state index in [-0.39, 0.29) is 34.9 Å². The number of rotatable bonds is 10. The second-order valence-electron chi connectivity index (χ2n) is 7.49. The summed E-state index contributed by atoms with van der Waals surface area (Å²) in [6, 6.07) is 24.8. The van der Waals surface area contributed by atoms with Crippen LogP contribution in [0.3, 0.4) is 0 Å². The molecule has 2 unspecified atom stereocenters. The molecule has 2 atom stereocenters. The van der Waals surface area contributed by atoms with Crippen LogP contribution in [0.4, 0.5) is 0 Å². The summed E-state index contributed by atoms with van der Waals surface area (Å²) in [5.74, 6) is -0.287. The lowest BCUT2D eigenvalue weighted by molar-refractivity contribution is -0.141. The van der Waals surface area contributed by atoms with Crippen LogP contribution in [0.5, 0.6) is 5.75 Å². The summed E-state index contributed by atoms with van der Waals surface area (Å²) in [6.45, 7) is 0.313. The first-order chi connectivity index (χ1) is 15.4. The highest BCUT2D eigenvalue weighted by molar-refractivity contribution is 7.87. The van der Waals surface area contributed by atoms with Crippen molar-refractivity contribution < 1.29 is 22.1 Å². The Bertz CT molecular complexity index is 1100. The molecule has 0 saturated carbocycles. The Kier molecular flexibility index (Phi) is 8.03. The summed E-state index contributed by atoms with van der Waals surface area (Å²) >= 11 is 0. The number of benzene rings is 3. The van der Waals surface area contributed by atoms with Gasteiger partial charge >= 0.3 is 16.1 Å². The van der Waals surface area contributed by atoms with Gasteiger partial charge in [0, 0.05) is 0 Å². The highest BCUT2D eigenvalue weighted by atomic mass is 32.2. The van der Waals surface area contributed by atoms with Crippen LogP contribution in [0.2, 0.25) is 0 Å². The molecule has 0 aliphatic rings. The molecular formula is C25H27NO5S. The summed E-state index contributed by atoms with van der Waals surface area (Å²) < 4.78 is 35.1. The van der Waals surface area contributed by atoms with E-state index in [9.17, 15) is 13.2 Å². The molecule has 0 aliphatic carbocycles. The molecule has 0 aliphatic heterocycles. The predicted octanol–water partition coefficient (Wildman–Crippen LogP) is 3.92. The van der Waals surface area contributed by atoms with Gasteiger partial charge in [-0.25, -0.2) is 0 Å². The van der Waals surface area contributed by atoms with E-state index >= 15 is 0 Å². The first-order valence-corrected chi connectivity index (χ1v) is 11.7. The minimum absolute atomic E-state index is 0.0544. The van der Waals surface area contributed by atoms with Crippen molar-refractivity contribution in [1.82, 2.24) is 0 Å². The van der Waals surface area contributed by atoms with Crippen molar-refractivity contribution in [2.75, 3.05) is 13.7 Å². The second kappa shape index (κ2) is 10.9. The molecule has 6 nitrogen and oxygen atoms in total. The van der Waals surface area contributed by atoms with Crippen LogP contribution >= 0.6 is 0 Å². The van der Waals surface area contributed by atoms with Crippen molar-refractivity contribution in [3.05, 3.63) is 96.1 Å². The quantitative estimate of drug-likeness (QED) is 0.369. The molecule has 0 aromatic heterocycles. The number of methoxy groups -OCH3 is 1. The average Bonchev–Trinajstić information content (AvgIpc) is 2.82. The molecule has 0 saturated heterocycles. The number of ether oxygens (including phenoxy) is 1. The van der Waals surface area contributed by atoms with Crippen LogP contribution in [-0.2, 0) is 26.1 Å². The maximum atomic E-state index is 12.5. The maximum absolute atomic E-state index is 12.5. The van der Waals surface area contributed by atoms with Crippen molar-refractivity contribution in [2.45, 2.75) is 23.7 Å². The number of carbonyl (C=O) groups is 1. The van der Waals surface area contributed by atoms with Crippen molar-refractivity contribution in [1.29, 1.82) is 0 Å². The van der Waals surface area contributed by atoms with Gasteiger partial charge < -0.3 is 14.7 Å². The second-order valence-corrected chi connectivity index (χ2v) is 9.04. The van der Waals surface area contributed by atoms with E-state index in [0.717, 1.165) is 11.1 Å². The number of hydrogen-bond acceptors (Lipinski definition) is 6. The monoisotopic (exact) mass is 453 g/mol. The minimum Gasteiger partial charge on any atom is -0.469 e. The topological polar surface area (TPSA) is 95.7 Å². The Labute approximate surface area is 189 Å². The van der Waals surface area contributed by atoms with Gasteiger partial charge in [0.2, 0.25) is 0 Å². The number of nitrogens with two attached hydrogens (primary N) is 1. The van der Waals surface area contributed by atoms with Gasteiger partial charge in [-0.1, -0.05) is 60.7 Å². The summed E-state index contributed by atoms with van der Waals surface area (Å²) in [7, 11) is -2.55. The zero-order valence-electron chi connectivity index (χ0n) is 17.9. The van der Waals surface area contributed by atoms with Crippen molar-refractivity contribution in [2.24, 2.45) is 11.7 Å². The van der Waals surface area contributed by atoms with Gasteiger partial charge in [0.05, 0.1) is 13.5 Å². The zero-order valence-corrected chi connectivity index (χ0v) is 18.7. The molecule has 0 amide bonds. The smallest absolute Gasteiger partial charge is 0.339 e. The van der Waals surface area contributed by atoms with Crippen LogP contribution in [-0.4, -0.2) is 28.0 Å². The third-order valence-corrected chi connectivity index (χ3v) is 6.63. The first kappa shape index (κ1) is 23.5. The van der Waals surface area contributed by atoms with Crippen LogP contribution in [0.25, 0.3) is 0 Å². The first-order valence-electron chi connectivity index (χ1n) is 10.3. The van der Waals surface area contributed by atoms with Gasteiger partial charge in [0.15, 0.2) is 0 Å². The fourth-order valence-electron chi connectivity index (χ4n) is 3.64. The van der Waals surface area contributed by atoms with Gasteiger partial charge in [0.25, 0.3) is 0 Å². The maximum Gasteiger partial charge on any atom is 0.339 e. The van der Waals surface area contributed by atoms with E-state index in [1.54, 1.807) is 30.3 Å². The van der Waals surface area contributed by atoms with E-state index in [1.807, 2.05) is 42.5 Å². The Balaban J connectivity index is 1.85. The van der Waals surface area contributed by atoms with Crippen LogP contribution in [0.15, 0.2) is 89.8 Å². The number of carbonyl (C=O) groups excluding carboxylic acids is 1. The summed E-state index contributed by atoms with van der Waals surface area (Å²) in [6.07, 6.45) is 0.882. The molecule has 32 heavy (non-hydrogen) atoms. The van der Waals surface area contributed by atoms with Gasteiger partial charge in [-0.15, -0.1) is 0 Å². The number of esters is 1. The Morgan fingerprint density at radius 3 is 2.06 bits per heavy atom. The Morgan fingerprint density at radius 1 is 0.906 bits per heavy atom. The van der Waals surface area contributed by atoms with Crippen molar-refractivity contribution in [3.63, 3.8) is 0 Å². The number of hydrogen-bond donors (Lipinski definition) is 1. The molecule has 3 rings (SSSR count). The molecule has 168 valence electrons. The van der Waals surface area contributed by atoms with Gasteiger partial charge in [-0.05, 0) is 60.2 Å². The van der Waals surface area contributed by atoms with E-state index < -0.39 is 10.1 Å². The molecule has 0 spiro atoms. The Morgan fingerprint density at radius 2 is 1.50 bits per heavy atom. The summed E-state index contributed by atoms with van der Waals surface area (Å²) in [5, 5.41) is 0. The molecule has 7 heteroatoms. The molecule has 0 bridgehead atoms. The average molecular weight is 454 g/mol. The molecule has 0 heterocycles. The zero-order chi connectivity index (χ0) is 23.0. The lowest BCUT2D eigenvalue weighted by atomic mass is 9.80. The fraction of sp³-hybridized carbons (Fsp3) is 0.240. The van der Waals surface area contributed by atoms with E-state index in [4.69, 9.17) is 14.7 Å². The van der Waals surface area contributed by atoms with Crippen molar-refractivity contribution in [3.8, 4) is 5.75 Å². The minimum atomic E-state index is -3.92.